The van der Waals surface area contributed by atoms with E-state index in [1.54, 1.807) is 6.20 Å². The van der Waals surface area contributed by atoms with Gasteiger partial charge in [-0.15, -0.1) is 0 Å². The summed E-state index contributed by atoms with van der Waals surface area (Å²) in [6, 6.07) is 1.75. The molecule has 92 valence electrons. The number of aromatic nitrogens is 1. The van der Waals surface area contributed by atoms with Crippen molar-refractivity contribution in [1.29, 1.82) is 0 Å². The zero-order valence-corrected chi connectivity index (χ0v) is 10.2. The molecule has 0 aliphatic carbocycles. The predicted molar refractivity (Wildman–Crippen MR) is 66.7 cm³/mol. The Morgan fingerprint density at radius 1 is 1.65 bits per heavy atom. The molecule has 0 aromatic carbocycles. The summed E-state index contributed by atoms with van der Waals surface area (Å²) in [5.41, 5.74) is 7.91. The van der Waals surface area contributed by atoms with Crippen LogP contribution in [0.25, 0.3) is 0 Å². The number of pyridine rings is 1. The first-order valence-electron chi connectivity index (χ1n) is 5.84. The fraction of sp³-hybridized carbons (Fsp3) is 0.500. The van der Waals surface area contributed by atoms with E-state index < -0.39 is 0 Å². The number of aryl methyl sites for hydroxylation is 1. The number of carbonyl (C=O) groups is 1. The molecule has 1 aliphatic heterocycles. The fourth-order valence-corrected chi connectivity index (χ4v) is 2.15. The summed E-state index contributed by atoms with van der Waals surface area (Å²) >= 11 is 0. The molecule has 1 aromatic heterocycles. The molecule has 2 heterocycles. The van der Waals surface area contributed by atoms with Gasteiger partial charge in [0.05, 0.1) is 0 Å². The summed E-state index contributed by atoms with van der Waals surface area (Å²) in [5, 5.41) is 2.84. The van der Waals surface area contributed by atoms with E-state index in [2.05, 4.69) is 10.3 Å². The first kappa shape index (κ1) is 11.9. The fourth-order valence-electron chi connectivity index (χ4n) is 2.15. The van der Waals surface area contributed by atoms with Gasteiger partial charge in [-0.2, -0.15) is 0 Å². The Balaban J connectivity index is 2.39. The summed E-state index contributed by atoms with van der Waals surface area (Å²) < 4.78 is 0. The molecule has 1 aromatic rings. The number of hydrogen-bond acceptors (Lipinski definition) is 4. The second-order valence-corrected chi connectivity index (χ2v) is 4.29. The first-order chi connectivity index (χ1) is 8.15. The Labute approximate surface area is 101 Å². The van der Waals surface area contributed by atoms with Crippen molar-refractivity contribution >= 4 is 11.7 Å². The van der Waals surface area contributed by atoms with E-state index in [4.69, 9.17) is 5.73 Å². The van der Waals surface area contributed by atoms with E-state index in [-0.39, 0.29) is 11.9 Å². The standard InChI is InChI=1S/C12H18N4O/c1-8-3-4-14-11(10(8)7-13)16-6-5-15-12(17)9(16)2/h3-4,9H,5-7,13H2,1-2H3,(H,15,17). The van der Waals surface area contributed by atoms with Gasteiger partial charge in [0, 0.05) is 31.4 Å². The highest BCUT2D eigenvalue weighted by Crippen LogP contribution is 2.23. The molecule has 2 rings (SSSR count). The van der Waals surface area contributed by atoms with Crippen LogP contribution in [0.5, 0.6) is 0 Å². The lowest BCUT2D eigenvalue weighted by atomic mass is 10.1. The zero-order chi connectivity index (χ0) is 12.4. The van der Waals surface area contributed by atoms with Gasteiger partial charge in [0.1, 0.15) is 11.9 Å². The summed E-state index contributed by atoms with van der Waals surface area (Å²) in [6.07, 6.45) is 1.77. The molecular weight excluding hydrogens is 216 g/mol. The summed E-state index contributed by atoms with van der Waals surface area (Å²) in [4.78, 5) is 18.1. The highest BCUT2D eigenvalue weighted by molar-refractivity contribution is 5.86. The number of carbonyl (C=O) groups excluding carboxylic acids is 1. The van der Waals surface area contributed by atoms with Crippen molar-refractivity contribution < 1.29 is 4.79 Å². The van der Waals surface area contributed by atoms with Gasteiger partial charge >= 0.3 is 0 Å². The lowest BCUT2D eigenvalue weighted by molar-refractivity contribution is -0.122. The Hall–Kier alpha value is -1.62. The molecule has 1 unspecified atom stereocenters. The average molecular weight is 234 g/mol. The van der Waals surface area contributed by atoms with Crippen LogP contribution in [0.3, 0.4) is 0 Å². The van der Waals surface area contributed by atoms with Gasteiger partial charge in [0.25, 0.3) is 0 Å². The molecule has 3 N–H and O–H groups in total. The number of piperazine rings is 1. The third kappa shape index (κ3) is 2.10. The normalized spacial score (nSPS) is 20.3. The van der Waals surface area contributed by atoms with Crippen molar-refractivity contribution in [3.05, 3.63) is 23.4 Å². The van der Waals surface area contributed by atoms with E-state index in [0.29, 0.717) is 13.1 Å². The van der Waals surface area contributed by atoms with Crippen LogP contribution >= 0.6 is 0 Å². The second-order valence-electron chi connectivity index (χ2n) is 4.29. The smallest absolute Gasteiger partial charge is 0.242 e. The van der Waals surface area contributed by atoms with Crippen LogP contribution in [0.15, 0.2) is 12.3 Å². The van der Waals surface area contributed by atoms with Gasteiger partial charge in [0.2, 0.25) is 5.91 Å². The molecular formula is C12H18N4O. The van der Waals surface area contributed by atoms with Gasteiger partial charge in [-0.3, -0.25) is 4.79 Å². The van der Waals surface area contributed by atoms with Gasteiger partial charge in [-0.25, -0.2) is 4.98 Å². The largest absolute Gasteiger partial charge is 0.353 e. The van der Waals surface area contributed by atoms with E-state index in [0.717, 1.165) is 23.5 Å². The highest BCUT2D eigenvalue weighted by Gasteiger charge is 2.27. The van der Waals surface area contributed by atoms with Crippen molar-refractivity contribution in [2.45, 2.75) is 26.4 Å². The van der Waals surface area contributed by atoms with Crippen molar-refractivity contribution in [2.75, 3.05) is 18.0 Å². The summed E-state index contributed by atoms with van der Waals surface area (Å²) in [5.74, 6) is 0.886. The molecule has 0 radical (unpaired) electrons. The van der Waals surface area contributed by atoms with E-state index >= 15 is 0 Å². The maximum absolute atomic E-state index is 11.7. The Morgan fingerprint density at radius 3 is 3.12 bits per heavy atom. The number of amides is 1. The Bertz CT molecular complexity index is 433. The molecule has 1 atom stereocenters. The van der Waals surface area contributed by atoms with Crippen LogP contribution in [0.1, 0.15) is 18.1 Å². The molecule has 1 fully saturated rings. The lowest BCUT2D eigenvalue weighted by Crippen LogP contribution is -2.54. The summed E-state index contributed by atoms with van der Waals surface area (Å²) in [6.45, 7) is 5.78. The molecule has 17 heavy (non-hydrogen) atoms. The van der Waals surface area contributed by atoms with E-state index in [1.807, 2.05) is 24.8 Å². The minimum absolute atomic E-state index is 0.0440. The molecule has 1 saturated heterocycles. The van der Waals surface area contributed by atoms with Crippen LogP contribution < -0.4 is 16.0 Å². The maximum Gasteiger partial charge on any atom is 0.242 e. The minimum atomic E-state index is -0.191. The lowest BCUT2D eigenvalue weighted by Gasteiger charge is -2.35. The molecule has 1 amide bonds. The third-order valence-corrected chi connectivity index (χ3v) is 3.24. The first-order valence-corrected chi connectivity index (χ1v) is 5.84. The van der Waals surface area contributed by atoms with Gasteiger partial charge in [0.15, 0.2) is 0 Å². The van der Waals surface area contributed by atoms with Crippen LogP contribution in [0.4, 0.5) is 5.82 Å². The van der Waals surface area contributed by atoms with Gasteiger partial charge in [-0.05, 0) is 25.5 Å². The highest BCUT2D eigenvalue weighted by atomic mass is 16.2. The number of anilines is 1. The third-order valence-electron chi connectivity index (χ3n) is 3.24. The number of rotatable bonds is 2. The van der Waals surface area contributed by atoms with Gasteiger partial charge < -0.3 is 16.0 Å². The van der Waals surface area contributed by atoms with E-state index in [1.165, 1.54) is 0 Å². The van der Waals surface area contributed by atoms with Crippen LogP contribution in [-0.2, 0) is 11.3 Å². The molecule has 0 saturated carbocycles. The van der Waals surface area contributed by atoms with Crippen molar-refractivity contribution in [3.8, 4) is 0 Å². The van der Waals surface area contributed by atoms with Crippen molar-refractivity contribution in [1.82, 2.24) is 10.3 Å². The Morgan fingerprint density at radius 2 is 2.41 bits per heavy atom. The van der Waals surface area contributed by atoms with E-state index in [9.17, 15) is 4.79 Å². The Kier molecular flexibility index (Phi) is 3.28. The molecule has 0 spiro atoms. The SMILES string of the molecule is Cc1ccnc(N2CCNC(=O)C2C)c1CN. The second kappa shape index (κ2) is 4.71. The van der Waals surface area contributed by atoms with Crippen LogP contribution in [-0.4, -0.2) is 30.0 Å². The minimum Gasteiger partial charge on any atom is -0.353 e. The number of hydrogen-bond donors (Lipinski definition) is 2. The van der Waals surface area contributed by atoms with Crippen molar-refractivity contribution in [3.63, 3.8) is 0 Å². The summed E-state index contributed by atoms with van der Waals surface area (Å²) in [7, 11) is 0. The molecule has 5 heteroatoms. The van der Waals surface area contributed by atoms with Crippen LogP contribution in [0.2, 0.25) is 0 Å². The number of nitrogens with zero attached hydrogens (tertiary/aromatic N) is 2. The maximum atomic E-state index is 11.7. The van der Waals surface area contributed by atoms with Crippen molar-refractivity contribution in [2.24, 2.45) is 5.73 Å². The quantitative estimate of drug-likeness (QED) is 0.765. The average Bonchev–Trinajstić information content (AvgIpc) is 2.32. The predicted octanol–water partition coefficient (Wildman–Crippen LogP) is 0.173. The molecule has 0 bridgehead atoms. The topological polar surface area (TPSA) is 71.2 Å². The monoisotopic (exact) mass is 234 g/mol. The molecule has 5 nitrogen and oxygen atoms in total. The van der Waals surface area contributed by atoms with Gasteiger partial charge in [-0.1, -0.05) is 0 Å². The number of nitrogens with one attached hydrogen (secondary N) is 1. The zero-order valence-electron chi connectivity index (χ0n) is 10.2. The van der Waals surface area contributed by atoms with Crippen LogP contribution in [0, 0.1) is 6.92 Å². The molecule has 1 aliphatic rings. The number of nitrogens with two attached hydrogens (primary N) is 1.